The van der Waals surface area contributed by atoms with Gasteiger partial charge in [0, 0.05) is 13.2 Å². The van der Waals surface area contributed by atoms with Crippen LogP contribution in [0.25, 0.3) is 0 Å². The molecule has 0 spiro atoms. The van der Waals surface area contributed by atoms with Crippen LogP contribution in [0.3, 0.4) is 0 Å². The number of aliphatic hydroxyl groups excluding tert-OH is 1. The van der Waals surface area contributed by atoms with Crippen LogP contribution in [0.2, 0.25) is 0 Å². The number of hydrogen-bond donors (Lipinski definition) is 1. The summed E-state index contributed by atoms with van der Waals surface area (Å²) in [6.45, 7) is 3.63. The lowest BCUT2D eigenvalue weighted by molar-refractivity contribution is 0.0249. The Bertz CT molecular complexity index is 84.9. The number of hydrogen-bond acceptors (Lipinski definition) is 3. The van der Waals surface area contributed by atoms with E-state index in [1.807, 2.05) is 6.92 Å². The molecule has 0 aromatic rings. The summed E-state index contributed by atoms with van der Waals surface area (Å²) in [6, 6.07) is 0. The van der Waals surface area contributed by atoms with Crippen LogP contribution in [0.4, 0.5) is 0 Å². The Balaban J connectivity index is 2.13. The zero-order chi connectivity index (χ0) is 7.40. The van der Waals surface area contributed by atoms with Gasteiger partial charge in [0.05, 0.1) is 12.7 Å². The number of ether oxygens (including phenoxy) is 2. The zero-order valence-corrected chi connectivity index (χ0v) is 6.25. The van der Waals surface area contributed by atoms with Gasteiger partial charge in [-0.3, -0.25) is 0 Å². The molecule has 3 heteroatoms. The molecule has 0 saturated carbocycles. The highest BCUT2D eigenvalue weighted by molar-refractivity contribution is 4.79. The van der Waals surface area contributed by atoms with Crippen molar-refractivity contribution in [1.29, 1.82) is 0 Å². The van der Waals surface area contributed by atoms with Crippen LogP contribution in [-0.2, 0) is 9.47 Å². The molecule has 1 rings (SSSR count). The first-order valence-electron chi connectivity index (χ1n) is 3.72. The maximum atomic E-state index is 8.60. The molecule has 0 bridgehead atoms. The molecule has 2 unspecified atom stereocenters. The van der Waals surface area contributed by atoms with Gasteiger partial charge in [-0.1, -0.05) is 0 Å². The maximum absolute atomic E-state index is 8.60. The van der Waals surface area contributed by atoms with Gasteiger partial charge in [0.25, 0.3) is 0 Å². The molecule has 0 radical (unpaired) electrons. The van der Waals surface area contributed by atoms with Crippen molar-refractivity contribution in [3.8, 4) is 0 Å². The van der Waals surface area contributed by atoms with Crippen molar-refractivity contribution < 1.29 is 14.6 Å². The fraction of sp³-hybridized carbons (Fsp3) is 1.00. The van der Waals surface area contributed by atoms with Crippen LogP contribution in [-0.4, -0.2) is 37.1 Å². The molecule has 1 aliphatic rings. The minimum atomic E-state index is 0.120. The summed E-state index contributed by atoms with van der Waals surface area (Å²) >= 11 is 0. The van der Waals surface area contributed by atoms with Gasteiger partial charge >= 0.3 is 0 Å². The van der Waals surface area contributed by atoms with Crippen LogP contribution in [0.5, 0.6) is 0 Å². The molecule has 3 nitrogen and oxygen atoms in total. The van der Waals surface area contributed by atoms with E-state index in [4.69, 9.17) is 14.6 Å². The number of rotatable bonds is 5. The Kier molecular flexibility index (Phi) is 3.12. The van der Waals surface area contributed by atoms with E-state index < -0.39 is 0 Å². The summed E-state index contributed by atoms with van der Waals surface area (Å²) in [5.74, 6) is 0. The molecule has 0 aromatic heterocycles. The first kappa shape index (κ1) is 7.98. The lowest BCUT2D eigenvalue weighted by atomic mass is 10.2. The largest absolute Gasteiger partial charge is 0.396 e. The standard InChI is InChI=1S/C7H14O3/c1-2-9-6(3-4-8)7-5-10-7/h6-8H,2-5H2,1H3. The van der Waals surface area contributed by atoms with Crippen molar-refractivity contribution >= 4 is 0 Å². The van der Waals surface area contributed by atoms with E-state index in [0.29, 0.717) is 13.0 Å². The van der Waals surface area contributed by atoms with Gasteiger partial charge in [-0.05, 0) is 13.3 Å². The minimum absolute atomic E-state index is 0.120. The van der Waals surface area contributed by atoms with Gasteiger partial charge in [-0.25, -0.2) is 0 Å². The summed E-state index contributed by atoms with van der Waals surface area (Å²) in [4.78, 5) is 0. The lowest BCUT2D eigenvalue weighted by Crippen LogP contribution is -2.21. The normalized spacial score (nSPS) is 26.4. The van der Waals surface area contributed by atoms with Crippen LogP contribution in [0.15, 0.2) is 0 Å². The van der Waals surface area contributed by atoms with Crippen LogP contribution < -0.4 is 0 Å². The topological polar surface area (TPSA) is 42.0 Å². The molecule has 1 aliphatic heterocycles. The molecular weight excluding hydrogens is 132 g/mol. The van der Waals surface area contributed by atoms with Gasteiger partial charge < -0.3 is 14.6 Å². The molecule has 1 fully saturated rings. The maximum Gasteiger partial charge on any atom is 0.107 e. The van der Waals surface area contributed by atoms with E-state index >= 15 is 0 Å². The summed E-state index contributed by atoms with van der Waals surface area (Å²) in [7, 11) is 0. The summed E-state index contributed by atoms with van der Waals surface area (Å²) < 4.78 is 10.4. The molecule has 2 atom stereocenters. The third-order valence-corrected chi connectivity index (χ3v) is 1.57. The molecule has 0 aromatic carbocycles. The van der Waals surface area contributed by atoms with Crippen molar-refractivity contribution in [3.63, 3.8) is 0 Å². The SMILES string of the molecule is CCOC(CCO)C1CO1. The van der Waals surface area contributed by atoms with Crippen molar-refractivity contribution in [3.05, 3.63) is 0 Å². The van der Waals surface area contributed by atoms with Gasteiger partial charge in [-0.15, -0.1) is 0 Å². The number of aliphatic hydroxyl groups is 1. The molecule has 60 valence electrons. The van der Waals surface area contributed by atoms with Gasteiger partial charge in [0.2, 0.25) is 0 Å². The molecule has 0 amide bonds. The van der Waals surface area contributed by atoms with E-state index in [9.17, 15) is 0 Å². The van der Waals surface area contributed by atoms with Crippen molar-refractivity contribution in [1.82, 2.24) is 0 Å². The first-order valence-corrected chi connectivity index (χ1v) is 3.72. The van der Waals surface area contributed by atoms with E-state index in [0.717, 1.165) is 6.61 Å². The predicted octanol–water partition coefficient (Wildman–Crippen LogP) is 0.173. The average Bonchev–Trinajstić information content (AvgIpc) is 2.69. The lowest BCUT2D eigenvalue weighted by Gasteiger charge is -2.11. The molecule has 1 heterocycles. The third kappa shape index (κ3) is 2.25. The zero-order valence-electron chi connectivity index (χ0n) is 6.25. The quantitative estimate of drug-likeness (QED) is 0.562. The van der Waals surface area contributed by atoms with E-state index in [-0.39, 0.29) is 18.8 Å². The molecule has 1 saturated heterocycles. The fourth-order valence-corrected chi connectivity index (χ4v) is 0.988. The summed E-state index contributed by atoms with van der Waals surface area (Å²) in [5, 5.41) is 8.60. The van der Waals surface area contributed by atoms with E-state index in [2.05, 4.69) is 0 Å². The Morgan fingerprint density at radius 2 is 2.50 bits per heavy atom. The fourth-order valence-electron chi connectivity index (χ4n) is 0.988. The van der Waals surface area contributed by atoms with Crippen LogP contribution in [0, 0.1) is 0 Å². The Morgan fingerprint density at radius 3 is 2.90 bits per heavy atom. The summed E-state index contributed by atoms with van der Waals surface area (Å²) in [6.07, 6.45) is 1.07. The second-order valence-corrected chi connectivity index (χ2v) is 2.38. The van der Waals surface area contributed by atoms with Gasteiger partial charge in [0.15, 0.2) is 0 Å². The second-order valence-electron chi connectivity index (χ2n) is 2.38. The molecule has 1 N–H and O–H groups in total. The molecule has 10 heavy (non-hydrogen) atoms. The van der Waals surface area contributed by atoms with Crippen molar-refractivity contribution in [2.24, 2.45) is 0 Å². The third-order valence-electron chi connectivity index (χ3n) is 1.57. The molecular formula is C7H14O3. The van der Waals surface area contributed by atoms with Gasteiger partial charge in [-0.2, -0.15) is 0 Å². The minimum Gasteiger partial charge on any atom is -0.396 e. The Hall–Kier alpha value is -0.120. The van der Waals surface area contributed by atoms with Crippen molar-refractivity contribution in [2.45, 2.75) is 25.6 Å². The highest BCUT2D eigenvalue weighted by Gasteiger charge is 2.32. The van der Waals surface area contributed by atoms with Crippen molar-refractivity contribution in [2.75, 3.05) is 19.8 Å². The second kappa shape index (κ2) is 3.91. The van der Waals surface area contributed by atoms with Gasteiger partial charge in [0.1, 0.15) is 6.10 Å². The smallest absolute Gasteiger partial charge is 0.107 e. The Labute approximate surface area is 60.9 Å². The first-order chi connectivity index (χ1) is 4.88. The average molecular weight is 146 g/mol. The monoisotopic (exact) mass is 146 g/mol. The highest BCUT2D eigenvalue weighted by Crippen LogP contribution is 2.19. The molecule has 0 aliphatic carbocycles. The Morgan fingerprint density at radius 1 is 1.80 bits per heavy atom. The highest BCUT2D eigenvalue weighted by atomic mass is 16.6. The number of epoxide rings is 1. The van der Waals surface area contributed by atoms with E-state index in [1.165, 1.54) is 0 Å². The van der Waals surface area contributed by atoms with Crippen LogP contribution >= 0.6 is 0 Å². The van der Waals surface area contributed by atoms with E-state index in [1.54, 1.807) is 0 Å². The predicted molar refractivity (Wildman–Crippen MR) is 36.9 cm³/mol. The summed E-state index contributed by atoms with van der Waals surface area (Å²) in [5.41, 5.74) is 0. The van der Waals surface area contributed by atoms with Crippen LogP contribution in [0.1, 0.15) is 13.3 Å².